The first kappa shape index (κ1) is 16.9. The van der Waals surface area contributed by atoms with Crippen LogP contribution >= 0.6 is 0 Å². The van der Waals surface area contributed by atoms with Crippen LogP contribution in [0, 0.1) is 0 Å². The maximum Gasteiger partial charge on any atom is 0.302 e. The zero-order valence-corrected chi connectivity index (χ0v) is 13.6. The average Bonchev–Trinajstić information content (AvgIpc) is 3.00. The molecule has 23 heavy (non-hydrogen) atoms. The summed E-state index contributed by atoms with van der Waals surface area (Å²) in [6.45, 7) is 2.17. The summed E-state index contributed by atoms with van der Waals surface area (Å²) >= 11 is 0. The van der Waals surface area contributed by atoms with E-state index >= 15 is 0 Å². The van der Waals surface area contributed by atoms with Gasteiger partial charge in [-0.05, 0) is 18.9 Å². The first-order valence-corrected chi connectivity index (χ1v) is 7.43. The number of carbonyl (C=O) groups is 2. The molecule has 2 rings (SSSR count). The highest BCUT2D eigenvalue weighted by Crippen LogP contribution is 2.33. The van der Waals surface area contributed by atoms with E-state index < -0.39 is 0 Å². The highest BCUT2D eigenvalue weighted by atomic mass is 16.5. The van der Waals surface area contributed by atoms with Gasteiger partial charge in [0.1, 0.15) is 6.61 Å². The van der Waals surface area contributed by atoms with Crippen LogP contribution in [0.3, 0.4) is 0 Å². The van der Waals surface area contributed by atoms with Crippen molar-refractivity contribution in [1.82, 2.24) is 4.90 Å². The predicted octanol–water partition coefficient (Wildman–Crippen LogP) is 1.45. The Morgan fingerprint density at radius 2 is 1.91 bits per heavy atom. The van der Waals surface area contributed by atoms with Crippen LogP contribution in [-0.4, -0.2) is 50.2 Å². The maximum atomic E-state index is 12.8. The Morgan fingerprint density at radius 1 is 1.26 bits per heavy atom. The predicted molar refractivity (Wildman–Crippen MR) is 84.6 cm³/mol. The fraction of sp³-hybridized carbons (Fsp3) is 0.500. The number of esters is 1. The largest absolute Gasteiger partial charge is 0.493 e. The van der Waals surface area contributed by atoms with Crippen LogP contribution in [0.25, 0.3) is 0 Å². The highest BCUT2D eigenvalue weighted by molar-refractivity contribution is 6.00. The van der Waals surface area contributed by atoms with Crippen LogP contribution in [-0.2, 0) is 9.53 Å². The van der Waals surface area contributed by atoms with Crippen LogP contribution < -0.4 is 15.2 Å². The molecule has 0 aliphatic carbocycles. The molecule has 7 nitrogen and oxygen atoms in total. The second-order valence-electron chi connectivity index (χ2n) is 5.39. The zero-order valence-electron chi connectivity index (χ0n) is 13.6. The lowest BCUT2D eigenvalue weighted by Gasteiger charge is -2.25. The third-order valence-electron chi connectivity index (χ3n) is 3.90. The number of carbonyl (C=O) groups excluding carboxylic acids is 2. The van der Waals surface area contributed by atoms with Crippen molar-refractivity contribution in [3.8, 4) is 11.5 Å². The number of nitrogens with zero attached hydrogens (tertiary/aromatic N) is 1. The number of hydrogen-bond donors (Lipinski definition) is 1. The fourth-order valence-corrected chi connectivity index (χ4v) is 2.72. The number of anilines is 1. The van der Waals surface area contributed by atoms with Gasteiger partial charge in [-0.15, -0.1) is 0 Å². The monoisotopic (exact) mass is 322 g/mol. The molecule has 0 bridgehead atoms. The molecule has 1 aliphatic rings. The van der Waals surface area contributed by atoms with Gasteiger partial charge in [-0.3, -0.25) is 9.59 Å². The molecule has 1 fully saturated rings. The molecular weight excluding hydrogens is 300 g/mol. The second kappa shape index (κ2) is 7.21. The summed E-state index contributed by atoms with van der Waals surface area (Å²) in [4.78, 5) is 25.5. The number of nitrogen functional groups attached to an aromatic ring is 1. The van der Waals surface area contributed by atoms with E-state index in [0.29, 0.717) is 29.3 Å². The number of likely N-dealkylation sites (tertiary alicyclic amines) is 1. The van der Waals surface area contributed by atoms with Crippen molar-refractivity contribution in [2.75, 3.05) is 33.1 Å². The molecule has 1 aromatic rings. The lowest BCUT2D eigenvalue weighted by atomic mass is 10.1. The minimum atomic E-state index is -0.352. The van der Waals surface area contributed by atoms with E-state index in [0.717, 1.165) is 12.8 Å². The molecule has 7 heteroatoms. The Balaban J connectivity index is 2.23. The van der Waals surface area contributed by atoms with Crippen molar-refractivity contribution in [2.24, 2.45) is 0 Å². The van der Waals surface area contributed by atoms with Gasteiger partial charge in [-0.1, -0.05) is 0 Å². The minimum Gasteiger partial charge on any atom is -0.493 e. The van der Waals surface area contributed by atoms with Gasteiger partial charge >= 0.3 is 5.97 Å². The summed E-state index contributed by atoms with van der Waals surface area (Å²) in [5.74, 6) is 0.369. The van der Waals surface area contributed by atoms with Crippen LogP contribution in [0.15, 0.2) is 12.1 Å². The number of methoxy groups -OCH3 is 2. The minimum absolute atomic E-state index is 0.126. The third-order valence-corrected chi connectivity index (χ3v) is 3.90. The average molecular weight is 322 g/mol. The molecule has 1 aliphatic heterocycles. The second-order valence-corrected chi connectivity index (χ2v) is 5.39. The number of rotatable bonds is 5. The first-order valence-electron chi connectivity index (χ1n) is 7.43. The standard InChI is InChI=1S/C16H22N2O5/c1-10(19)23-9-11-5-4-6-18(11)16(20)12-7-14(21-2)15(22-3)8-13(12)17/h7-8,11H,4-6,9,17H2,1-3H3/t11-/m0/s1. The Kier molecular flexibility index (Phi) is 5.31. The van der Waals surface area contributed by atoms with E-state index in [9.17, 15) is 9.59 Å². The van der Waals surface area contributed by atoms with E-state index in [1.165, 1.54) is 21.1 Å². The van der Waals surface area contributed by atoms with Gasteiger partial charge in [0, 0.05) is 25.2 Å². The fourth-order valence-electron chi connectivity index (χ4n) is 2.72. The number of ether oxygens (including phenoxy) is 3. The molecule has 0 radical (unpaired) electrons. The Hall–Kier alpha value is -2.44. The molecule has 1 amide bonds. The van der Waals surface area contributed by atoms with Gasteiger partial charge < -0.3 is 24.8 Å². The molecule has 0 aromatic heterocycles. The lowest BCUT2D eigenvalue weighted by Crippen LogP contribution is -2.39. The van der Waals surface area contributed by atoms with Gasteiger partial charge in [0.05, 0.1) is 25.8 Å². The smallest absolute Gasteiger partial charge is 0.302 e. The molecule has 1 heterocycles. The normalized spacial score (nSPS) is 17.0. The number of hydrogen-bond acceptors (Lipinski definition) is 6. The molecule has 1 saturated heterocycles. The van der Waals surface area contributed by atoms with Crippen molar-refractivity contribution in [1.29, 1.82) is 0 Å². The Labute approximate surface area is 135 Å². The first-order chi connectivity index (χ1) is 11.0. The Bertz CT molecular complexity index is 602. The summed E-state index contributed by atoms with van der Waals surface area (Å²) in [5, 5.41) is 0. The highest BCUT2D eigenvalue weighted by Gasteiger charge is 2.31. The molecule has 1 atom stereocenters. The molecule has 2 N–H and O–H groups in total. The number of amides is 1. The van der Waals surface area contributed by atoms with Crippen molar-refractivity contribution < 1.29 is 23.8 Å². The lowest BCUT2D eigenvalue weighted by molar-refractivity contribution is -0.142. The number of nitrogens with two attached hydrogens (primary N) is 1. The number of benzene rings is 1. The topological polar surface area (TPSA) is 91.1 Å². The summed E-state index contributed by atoms with van der Waals surface area (Å²) in [5.41, 5.74) is 6.67. The van der Waals surface area contributed by atoms with E-state index in [-0.39, 0.29) is 24.5 Å². The molecule has 1 aromatic carbocycles. The summed E-state index contributed by atoms with van der Waals surface area (Å²) in [6.07, 6.45) is 1.66. The van der Waals surface area contributed by atoms with Crippen LogP contribution in [0.2, 0.25) is 0 Å². The van der Waals surface area contributed by atoms with Crippen molar-refractivity contribution >= 4 is 17.6 Å². The zero-order chi connectivity index (χ0) is 17.0. The van der Waals surface area contributed by atoms with Gasteiger partial charge in [-0.25, -0.2) is 0 Å². The van der Waals surface area contributed by atoms with Gasteiger partial charge in [0.25, 0.3) is 5.91 Å². The van der Waals surface area contributed by atoms with Gasteiger partial charge in [-0.2, -0.15) is 0 Å². The molecule has 126 valence electrons. The van der Waals surface area contributed by atoms with Gasteiger partial charge in [0.2, 0.25) is 0 Å². The summed E-state index contributed by atoms with van der Waals surface area (Å²) in [6, 6.07) is 3.03. The van der Waals surface area contributed by atoms with Crippen LogP contribution in [0.1, 0.15) is 30.1 Å². The van der Waals surface area contributed by atoms with Crippen molar-refractivity contribution in [2.45, 2.75) is 25.8 Å². The van der Waals surface area contributed by atoms with Crippen molar-refractivity contribution in [3.05, 3.63) is 17.7 Å². The summed E-state index contributed by atoms with van der Waals surface area (Å²) < 4.78 is 15.5. The van der Waals surface area contributed by atoms with E-state index in [4.69, 9.17) is 19.9 Å². The van der Waals surface area contributed by atoms with E-state index in [1.807, 2.05) is 0 Å². The molecule has 0 saturated carbocycles. The van der Waals surface area contributed by atoms with Crippen LogP contribution in [0.5, 0.6) is 11.5 Å². The van der Waals surface area contributed by atoms with Crippen LogP contribution in [0.4, 0.5) is 5.69 Å². The summed E-state index contributed by atoms with van der Waals surface area (Å²) in [7, 11) is 3.01. The molecular formula is C16H22N2O5. The molecule has 0 unspecified atom stereocenters. The SMILES string of the molecule is COc1cc(N)c(C(=O)N2CCC[C@H]2COC(C)=O)cc1OC. The van der Waals surface area contributed by atoms with Crippen molar-refractivity contribution in [3.63, 3.8) is 0 Å². The van der Waals surface area contributed by atoms with Gasteiger partial charge in [0.15, 0.2) is 11.5 Å². The van der Waals surface area contributed by atoms with E-state index in [2.05, 4.69) is 0 Å². The Morgan fingerprint density at radius 3 is 2.52 bits per heavy atom. The molecule has 0 spiro atoms. The van der Waals surface area contributed by atoms with E-state index in [1.54, 1.807) is 17.0 Å². The third kappa shape index (κ3) is 3.67. The maximum absolute atomic E-state index is 12.8. The quantitative estimate of drug-likeness (QED) is 0.652.